The van der Waals surface area contributed by atoms with Crippen LogP contribution in [0.25, 0.3) is 10.1 Å². The number of nitrogens with one attached hydrogen (secondary N) is 1. The van der Waals surface area contributed by atoms with Crippen molar-refractivity contribution in [3.05, 3.63) is 34.2 Å². The number of amides is 2. The number of nitrogens with zero attached hydrogens (tertiary/aromatic N) is 3. The third kappa shape index (κ3) is 5.26. The fraction of sp³-hybridized carbons (Fsp3) is 0.565. The van der Waals surface area contributed by atoms with Gasteiger partial charge in [-0.25, -0.2) is 0 Å². The lowest BCUT2D eigenvalue weighted by Gasteiger charge is -2.43. The highest BCUT2D eigenvalue weighted by Gasteiger charge is 2.34. The molecule has 2 aromatic rings. The molecule has 0 radical (unpaired) electrons. The first-order chi connectivity index (χ1) is 15.3. The summed E-state index contributed by atoms with van der Waals surface area (Å²) in [5.74, 6) is -0.577. The van der Waals surface area contributed by atoms with Gasteiger partial charge in [0.2, 0.25) is 5.91 Å². The van der Waals surface area contributed by atoms with Crippen LogP contribution in [0.5, 0.6) is 0 Å². The third-order valence-corrected chi connectivity index (χ3v) is 7.90. The minimum Gasteiger partial charge on any atom is -0.391 e. The van der Waals surface area contributed by atoms with Crippen molar-refractivity contribution in [1.29, 1.82) is 0 Å². The number of thiophene rings is 1. The summed E-state index contributed by atoms with van der Waals surface area (Å²) in [6, 6.07) is 6.87. The van der Waals surface area contributed by atoms with E-state index in [0.717, 1.165) is 49.1 Å². The van der Waals surface area contributed by atoms with Gasteiger partial charge in [-0.05, 0) is 63.5 Å². The van der Waals surface area contributed by atoms with Crippen LogP contribution in [-0.4, -0.2) is 96.1 Å². The maximum absolute atomic E-state index is 13.2. The van der Waals surface area contributed by atoms with Gasteiger partial charge in [0.15, 0.2) is 0 Å². The predicted octanol–water partition coefficient (Wildman–Crippen LogP) is 2.27. The Morgan fingerprint density at radius 3 is 2.47 bits per heavy atom. The number of hydrogen-bond acceptors (Lipinski definition) is 6. The highest BCUT2D eigenvalue weighted by atomic mass is 35.5. The molecule has 0 saturated carbocycles. The van der Waals surface area contributed by atoms with Crippen molar-refractivity contribution in [2.24, 2.45) is 0 Å². The van der Waals surface area contributed by atoms with Crippen molar-refractivity contribution in [3.63, 3.8) is 0 Å². The summed E-state index contributed by atoms with van der Waals surface area (Å²) in [6.45, 7) is 6.67. The molecule has 2 aliphatic rings. The molecule has 0 aliphatic carbocycles. The first kappa shape index (κ1) is 23.4. The number of fused-ring (bicyclic) bond motifs is 1. The quantitative estimate of drug-likeness (QED) is 0.689. The zero-order valence-electron chi connectivity index (χ0n) is 18.6. The van der Waals surface area contributed by atoms with Crippen molar-refractivity contribution in [2.45, 2.75) is 38.0 Å². The van der Waals surface area contributed by atoms with E-state index in [1.54, 1.807) is 24.0 Å². The summed E-state index contributed by atoms with van der Waals surface area (Å²) in [4.78, 5) is 33.1. The van der Waals surface area contributed by atoms with Gasteiger partial charge in [0.05, 0.1) is 11.0 Å². The van der Waals surface area contributed by atoms with E-state index >= 15 is 0 Å². The molecule has 0 bridgehead atoms. The van der Waals surface area contributed by atoms with Crippen molar-refractivity contribution in [2.75, 3.05) is 46.3 Å². The highest BCUT2D eigenvalue weighted by molar-refractivity contribution is 7.20. The number of rotatable bonds is 5. The van der Waals surface area contributed by atoms with Gasteiger partial charge in [0.1, 0.15) is 6.04 Å². The lowest BCUT2D eigenvalue weighted by molar-refractivity contribution is -0.138. The summed E-state index contributed by atoms with van der Waals surface area (Å²) >= 11 is 7.37. The van der Waals surface area contributed by atoms with Gasteiger partial charge in [0.25, 0.3) is 5.91 Å². The molecule has 2 saturated heterocycles. The Morgan fingerprint density at radius 1 is 1.12 bits per heavy atom. The van der Waals surface area contributed by atoms with E-state index in [2.05, 4.69) is 22.2 Å². The third-order valence-electron chi connectivity index (χ3n) is 6.57. The van der Waals surface area contributed by atoms with E-state index < -0.39 is 12.1 Å². The fourth-order valence-electron chi connectivity index (χ4n) is 4.58. The number of piperidine rings is 1. The second-order valence-corrected chi connectivity index (χ2v) is 10.4. The van der Waals surface area contributed by atoms with Gasteiger partial charge in [-0.2, -0.15) is 0 Å². The van der Waals surface area contributed by atoms with Crippen LogP contribution in [0.15, 0.2) is 24.3 Å². The zero-order chi connectivity index (χ0) is 22.8. The first-order valence-electron chi connectivity index (χ1n) is 11.2. The molecule has 0 spiro atoms. The first-order valence-corrected chi connectivity index (χ1v) is 12.4. The van der Waals surface area contributed by atoms with Crippen LogP contribution in [0.3, 0.4) is 0 Å². The number of carbonyl (C=O) groups is 2. The highest BCUT2D eigenvalue weighted by Crippen LogP contribution is 2.28. The van der Waals surface area contributed by atoms with E-state index in [-0.39, 0.29) is 11.8 Å². The molecule has 2 fully saturated rings. The zero-order valence-corrected chi connectivity index (χ0v) is 20.2. The standard InChI is InChI=1S/C23H31ClN4O3S/c1-15(29)21(25-22(30)20-13-16-3-4-17(24)14-19(16)32-20)23(31)28-11-9-27(10-12-28)18-5-7-26(2)8-6-18/h3-4,13-15,18,21,29H,5-12H2,1-2H3,(H,25,30)/t15-,21-/m1/s1. The van der Waals surface area contributed by atoms with E-state index in [9.17, 15) is 14.7 Å². The summed E-state index contributed by atoms with van der Waals surface area (Å²) in [5.41, 5.74) is 0. The minimum absolute atomic E-state index is 0.222. The molecular formula is C23H31ClN4O3S. The van der Waals surface area contributed by atoms with Crippen LogP contribution in [0.1, 0.15) is 29.4 Å². The maximum Gasteiger partial charge on any atom is 0.262 e. The number of aliphatic hydroxyl groups is 1. The van der Waals surface area contributed by atoms with Gasteiger partial charge in [-0.3, -0.25) is 14.5 Å². The smallest absolute Gasteiger partial charge is 0.262 e. The van der Waals surface area contributed by atoms with Crippen molar-refractivity contribution < 1.29 is 14.7 Å². The monoisotopic (exact) mass is 478 g/mol. The number of aliphatic hydroxyl groups excluding tert-OH is 1. The molecule has 174 valence electrons. The molecule has 1 aromatic carbocycles. The van der Waals surface area contributed by atoms with Crippen LogP contribution >= 0.6 is 22.9 Å². The Labute approximate surface area is 197 Å². The Morgan fingerprint density at radius 2 is 1.81 bits per heavy atom. The van der Waals surface area contributed by atoms with E-state index in [1.165, 1.54) is 11.3 Å². The maximum atomic E-state index is 13.2. The van der Waals surface area contributed by atoms with Crippen LogP contribution < -0.4 is 5.32 Å². The summed E-state index contributed by atoms with van der Waals surface area (Å²) in [5, 5.41) is 14.6. The number of hydrogen-bond donors (Lipinski definition) is 2. The second kappa shape index (κ2) is 10.1. The Kier molecular flexibility index (Phi) is 7.37. The van der Waals surface area contributed by atoms with Crippen LogP contribution in [0, 0.1) is 0 Å². The second-order valence-electron chi connectivity index (χ2n) is 8.88. The molecule has 0 unspecified atom stereocenters. The molecule has 3 heterocycles. The molecule has 1 aromatic heterocycles. The lowest BCUT2D eigenvalue weighted by atomic mass is 10.0. The average molecular weight is 479 g/mol. The summed E-state index contributed by atoms with van der Waals surface area (Å²) < 4.78 is 0.910. The molecule has 2 atom stereocenters. The van der Waals surface area contributed by atoms with Gasteiger partial charge >= 0.3 is 0 Å². The normalized spacial score (nSPS) is 20.9. The molecule has 2 aliphatic heterocycles. The van der Waals surface area contributed by atoms with Crippen molar-refractivity contribution >= 4 is 44.8 Å². The summed E-state index contributed by atoms with van der Waals surface area (Å²) in [7, 11) is 2.16. The Bertz CT molecular complexity index is 965. The van der Waals surface area contributed by atoms with E-state index in [0.29, 0.717) is 29.0 Å². The largest absolute Gasteiger partial charge is 0.391 e. The van der Waals surface area contributed by atoms with E-state index in [4.69, 9.17) is 11.6 Å². The lowest BCUT2D eigenvalue weighted by Crippen LogP contribution is -2.59. The van der Waals surface area contributed by atoms with Gasteiger partial charge in [-0.15, -0.1) is 11.3 Å². The fourth-order valence-corrected chi connectivity index (χ4v) is 5.82. The molecule has 4 rings (SSSR count). The van der Waals surface area contributed by atoms with Crippen molar-refractivity contribution in [3.8, 4) is 0 Å². The van der Waals surface area contributed by atoms with Gasteiger partial charge in [-0.1, -0.05) is 17.7 Å². The van der Waals surface area contributed by atoms with Crippen LogP contribution in [0.4, 0.5) is 0 Å². The number of halogens is 1. The number of carbonyl (C=O) groups excluding carboxylic acids is 2. The number of piperazine rings is 1. The number of likely N-dealkylation sites (tertiary alicyclic amines) is 1. The topological polar surface area (TPSA) is 76.1 Å². The minimum atomic E-state index is -0.984. The van der Waals surface area contributed by atoms with Gasteiger partial charge in [0, 0.05) is 41.9 Å². The summed E-state index contributed by atoms with van der Waals surface area (Å²) in [6.07, 6.45) is 1.34. The Hall–Kier alpha value is -1.71. The van der Waals surface area contributed by atoms with Crippen LogP contribution in [-0.2, 0) is 4.79 Å². The van der Waals surface area contributed by atoms with Crippen molar-refractivity contribution in [1.82, 2.24) is 20.0 Å². The van der Waals surface area contributed by atoms with Gasteiger partial charge < -0.3 is 20.2 Å². The van der Waals surface area contributed by atoms with Crippen LogP contribution in [0.2, 0.25) is 5.02 Å². The molecule has 9 heteroatoms. The molecule has 2 N–H and O–H groups in total. The molecule has 32 heavy (non-hydrogen) atoms. The SMILES string of the molecule is C[C@@H](O)[C@@H](NC(=O)c1cc2ccc(Cl)cc2s1)C(=O)N1CCN(C2CCN(C)CC2)CC1. The average Bonchev–Trinajstić information content (AvgIpc) is 3.21. The number of benzene rings is 1. The Balaban J connectivity index is 1.37. The predicted molar refractivity (Wildman–Crippen MR) is 128 cm³/mol. The van der Waals surface area contributed by atoms with E-state index in [1.807, 2.05) is 12.1 Å². The molecule has 7 nitrogen and oxygen atoms in total. The molecule has 2 amide bonds. The molecular weight excluding hydrogens is 448 g/mol.